The SMILES string of the molecule is OC(Cc1ccccn1)c1ccc(I)cc1. The highest BCUT2D eigenvalue weighted by Gasteiger charge is 2.08. The van der Waals surface area contributed by atoms with E-state index in [0.717, 1.165) is 11.3 Å². The minimum atomic E-state index is -0.480. The molecule has 1 aromatic heterocycles. The third kappa shape index (κ3) is 3.02. The number of hydrogen-bond acceptors (Lipinski definition) is 2. The van der Waals surface area contributed by atoms with Crippen LogP contribution in [0.15, 0.2) is 48.7 Å². The molecule has 2 nitrogen and oxygen atoms in total. The average Bonchev–Trinajstić information content (AvgIpc) is 2.31. The third-order valence-corrected chi connectivity index (χ3v) is 3.10. The first-order valence-electron chi connectivity index (χ1n) is 5.09. The molecule has 1 heterocycles. The Labute approximate surface area is 108 Å². The van der Waals surface area contributed by atoms with Gasteiger partial charge in [-0.05, 0) is 52.4 Å². The molecule has 2 aromatic rings. The van der Waals surface area contributed by atoms with E-state index in [-0.39, 0.29) is 0 Å². The molecule has 3 heteroatoms. The molecule has 1 unspecified atom stereocenters. The zero-order valence-corrected chi connectivity index (χ0v) is 10.8. The van der Waals surface area contributed by atoms with Crippen LogP contribution in [0.4, 0.5) is 0 Å². The Morgan fingerprint density at radius 2 is 1.88 bits per heavy atom. The van der Waals surface area contributed by atoms with Gasteiger partial charge < -0.3 is 5.11 Å². The lowest BCUT2D eigenvalue weighted by atomic mass is 10.0. The zero-order chi connectivity index (χ0) is 11.4. The number of rotatable bonds is 3. The molecule has 2 rings (SSSR count). The van der Waals surface area contributed by atoms with Crippen molar-refractivity contribution in [1.82, 2.24) is 4.98 Å². The van der Waals surface area contributed by atoms with Gasteiger partial charge in [0.1, 0.15) is 0 Å². The van der Waals surface area contributed by atoms with Crippen LogP contribution >= 0.6 is 22.6 Å². The number of halogens is 1. The molecule has 1 atom stereocenters. The maximum atomic E-state index is 10.0. The molecular formula is C13H12INO. The van der Waals surface area contributed by atoms with Gasteiger partial charge in [0, 0.05) is 21.9 Å². The van der Waals surface area contributed by atoms with E-state index in [1.807, 2.05) is 42.5 Å². The minimum absolute atomic E-state index is 0.480. The van der Waals surface area contributed by atoms with Crippen molar-refractivity contribution in [2.75, 3.05) is 0 Å². The second-order valence-electron chi connectivity index (χ2n) is 3.59. The highest BCUT2D eigenvalue weighted by Crippen LogP contribution is 2.18. The highest BCUT2D eigenvalue weighted by atomic mass is 127. The number of aromatic nitrogens is 1. The van der Waals surface area contributed by atoms with Crippen LogP contribution in [0.1, 0.15) is 17.4 Å². The number of pyridine rings is 1. The molecule has 16 heavy (non-hydrogen) atoms. The molecule has 82 valence electrons. The van der Waals surface area contributed by atoms with Crippen molar-refractivity contribution in [3.05, 3.63) is 63.5 Å². The summed E-state index contributed by atoms with van der Waals surface area (Å²) in [5.41, 5.74) is 1.85. The lowest BCUT2D eigenvalue weighted by Gasteiger charge is -2.10. The predicted octanol–water partition coefficient (Wildman–Crippen LogP) is 2.96. The number of benzene rings is 1. The van der Waals surface area contributed by atoms with Crippen LogP contribution in [0.5, 0.6) is 0 Å². The quantitative estimate of drug-likeness (QED) is 0.880. The molecule has 0 aliphatic carbocycles. The largest absolute Gasteiger partial charge is 0.388 e. The summed E-state index contributed by atoms with van der Waals surface area (Å²) in [6, 6.07) is 13.6. The smallest absolute Gasteiger partial charge is 0.0845 e. The van der Waals surface area contributed by atoms with E-state index < -0.39 is 6.10 Å². The van der Waals surface area contributed by atoms with Crippen LogP contribution in [0.2, 0.25) is 0 Å². The van der Waals surface area contributed by atoms with Crippen molar-refractivity contribution in [1.29, 1.82) is 0 Å². The van der Waals surface area contributed by atoms with Gasteiger partial charge in [-0.3, -0.25) is 4.98 Å². The van der Waals surface area contributed by atoms with Gasteiger partial charge in [-0.2, -0.15) is 0 Å². The second-order valence-corrected chi connectivity index (χ2v) is 4.84. The Balaban J connectivity index is 2.09. The highest BCUT2D eigenvalue weighted by molar-refractivity contribution is 14.1. The summed E-state index contributed by atoms with van der Waals surface area (Å²) in [5.74, 6) is 0. The van der Waals surface area contributed by atoms with Gasteiger partial charge in [0.05, 0.1) is 6.10 Å². The molecule has 0 saturated heterocycles. The van der Waals surface area contributed by atoms with E-state index in [4.69, 9.17) is 0 Å². The summed E-state index contributed by atoms with van der Waals surface area (Å²) in [7, 11) is 0. The van der Waals surface area contributed by atoms with Crippen LogP contribution in [0, 0.1) is 3.57 Å². The maximum Gasteiger partial charge on any atom is 0.0845 e. The summed E-state index contributed by atoms with van der Waals surface area (Å²) >= 11 is 2.25. The number of nitrogens with zero attached hydrogens (tertiary/aromatic N) is 1. The normalized spacial score (nSPS) is 12.4. The van der Waals surface area contributed by atoms with E-state index in [0.29, 0.717) is 6.42 Å². The van der Waals surface area contributed by atoms with Crippen LogP contribution in [-0.2, 0) is 6.42 Å². The van der Waals surface area contributed by atoms with Crippen molar-refractivity contribution in [3.63, 3.8) is 0 Å². The van der Waals surface area contributed by atoms with Crippen molar-refractivity contribution in [3.8, 4) is 0 Å². The fraction of sp³-hybridized carbons (Fsp3) is 0.154. The van der Waals surface area contributed by atoms with E-state index in [1.165, 1.54) is 3.57 Å². The molecule has 0 saturated carbocycles. The van der Waals surface area contributed by atoms with Gasteiger partial charge >= 0.3 is 0 Å². The maximum absolute atomic E-state index is 10.0. The summed E-state index contributed by atoms with van der Waals surface area (Å²) in [4.78, 5) is 4.20. The molecule has 0 aliphatic heterocycles. The van der Waals surface area contributed by atoms with E-state index >= 15 is 0 Å². The van der Waals surface area contributed by atoms with Crippen molar-refractivity contribution >= 4 is 22.6 Å². The van der Waals surface area contributed by atoms with Crippen LogP contribution in [0.3, 0.4) is 0 Å². The molecule has 1 aromatic carbocycles. The fourth-order valence-electron chi connectivity index (χ4n) is 1.52. The molecule has 0 bridgehead atoms. The zero-order valence-electron chi connectivity index (χ0n) is 8.68. The minimum Gasteiger partial charge on any atom is -0.388 e. The summed E-state index contributed by atoms with van der Waals surface area (Å²) in [5, 5.41) is 10.0. The standard InChI is InChI=1S/C13H12INO/c14-11-6-4-10(5-7-11)13(16)9-12-3-1-2-8-15-12/h1-8,13,16H,9H2. The molecule has 0 fully saturated rings. The Kier molecular flexibility index (Phi) is 3.90. The first-order chi connectivity index (χ1) is 7.75. The van der Waals surface area contributed by atoms with Gasteiger partial charge in [-0.15, -0.1) is 0 Å². The third-order valence-electron chi connectivity index (χ3n) is 2.38. The molecule has 0 aliphatic rings. The lowest BCUT2D eigenvalue weighted by Crippen LogP contribution is -2.02. The van der Waals surface area contributed by atoms with Crippen LogP contribution in [-0.4, -0.2) is 10.1 Å². The first kappa shape index (κ1) is 11.5. The van der Waals surface area contributed by atoms with Crippen LogP contribution in [0.25, 0.3) is 0 Å². The second kappa shape index (κ2) is 5.41. The van der Waals surface area contributed by atoms with E-state index in [1.54, 1.807) is 6.20 Å². The van der Waals surface area contributed by atoms with Crippen molar-refractivity contribution in [2.45, 2.75) is 12.5 Å². The Morgan fingerprint density at radius 3 is 2.50 bits per heavy atom. The summed E-state index contributed by atoms with van der Waals surface area (Å²) in [6.45, 7) is 0. The fourth-order valence-corrected chi connectivity index (χ4v) is 1.88. The predicted molar refractivity (Wildman–Crippen MR) is 72.1 cm³/mol. The van der Waals surface area contributed by atoms with Gasteiger partial charge in [0.25, 0.3) is 0 Å². The molecule has 0 spiro atoms. The monoisotopic (exact) mass is 325 g/mol. The number of aliphatic hydroxyl groups excluding tert-OH is 1. The first-order valence-corrected chi connectivity index (χ1v) is 6.17. The number of aliphatic hydroxyl groups is 1. The van der Waals surface area contributed by atoms with Crippen LogP contribution < -0.4 is 0 Å². The molecule has 1 N–H and O–H groups in total. The molecular weight excluding hydrogens is 313 g/mol. The number of hydrogen-bond donors (Lipinski definition) is 1. The molecule has 0 radical (unpaired) electrons. The van der Waals surface area contributed by atoms with Gasteiger partial charge in [-0.1, -0.05) is 18.2 Å². The van der Waals surface area contributed by atoms with Gasteiger partial charge in [-0.25, -0.2) is 0 Å². The Morgan fingerprint density at radius 1 is 1.12 bits per heavy atom. The Hall–Kier alpha value is -0.940. The van der Waals surface area contributed by atoms with E-state index in [9.17, 15) is 5.11 Å². The topological polar surface area (TPSA) is 33.1 Å². The summed E-state index contributed by atoms with van der Waals surface area (Å²) < 4.78 is 1.17. The van der Waals surface area contributed by atoms with Gasteiger partial charge in [0.15, 0.2) is 0 Å². The van der Waals surface area contributed by atoms with Crippen molar-refractivity contribution < 1.29 is 5.11 Å². The van der Waals surface area contributed by atoms with Gasteiger partial charge in [0.2, 0.25) is 0 Å². The average molecular weight is 325 g/mol. The van der Waals surface area contributed by atoms with Crippen molar-refractivity contribution in [2.24, 2.45) is 0 Å². The summed E-state index contributed by atoms with van der Waals surface area (Å²) in [6.07, 6.45) is 1.82. The Bertz CT molecular complexity index is 441. The van der Waals surface area contributed by atoms with E-state index in [2.05, 4.69) is 27.6 Å². The molecule has 0 amide bonds. The lowest BCUT2D eigenvalue weighted by molar-refractivity contribution is 0.177.